The number of ether oxygens (including phenoxy) is 1. The van der Waals surface area contributed by atoms with Crippen LogP contribution in [0.15, 0.2) is 22.7 Å². The Balaban J connectivity index is 2.20. The summed E-state index contributed by atoms with van der Waals surface area (Å²) < 4.78 is 6.40. The van der Waals surface area contributed by atoms with E-state index in [2.05, 4.69) is 15.9 Å². The van der Waals surface area contributed by atoms with Crippen LogP contribution < -0.4 is 0 Å². The van der Waals surface area contributed by atoms with Gasteiger partial charge in [-0.1, -0.05) is 15.9 Å². The van der Waals surface area contributed by atoms with E-state index >= 15 is 0 Å². The monoisotopic (exact) mass is 393 g/mol. The largest absolute Gasteiger partial charge is 0.459 e. The van der Waals surface area contributed by atoms with Crippen LogP contribution in [-0.2, 0) is 14.3 Å². The molecule has 0 aromatic heterocycles. The molecule has 1 aromatic carbocycles. The number of carbonyl (C=O) groups is 3. The van der Waals surface area contributed by atoms with Crippen molar-refractivity contribution in [3.05, 3.63) is 33.8 Å². The van der Waals surface area contributed by atoms with Crippen LogP contribution in [0.4, 0.5) is 0 Å². The average Bonchev–Trinajstić information content (AvgIpc) is 2.91. The Bertz CT molecular complexity index is 728. The molecule has 0 bridgehead atoms. The van der Waals surface area contributed by atoms with E-state index in [-0.39, 0.29) is 11.7 Å². The van der Waals surface area contributed by atoms with Gasteiger partial charge in [0.25, 0.3) is 0 Å². The van der Waals surface area contributed by atoms with Crippen LogP contribution in [0.3, 0.4) is 0 Å². The summed E-state index contributed by atoms with van der Waals surface area (Å²) >= 11 is 3.44. The standard InChI is InChI=1S/C18H20BrNO4/c1-10(21)24-17-15(20-8-4-5-14(20)22)13-9-11(19)6-7-12(13)16(23)18(17,2)3/h6-7,9,15,17H,4-5,8H2,1-3H3/t15-,17+/m1/s1. The zero-order valence-corrected chi connectivity index (χ0v) is 15.6. The van der Waals surface area contributed by atoms with E-state index in [0.717, 1.165) is 16.5 Å². The van der Waals surface area contributed by atoms with Gasteiger partial charge in [-0.2, -0.15) is 0 Å². The van der Waals surface area contributed by atoms with E-state index in [1.165, 1.54) is 6.92 Å². The number of likely N-dealkylation sites (tertiary alicyclic amines) is 1. The third kappa shape index (κ3) is 2.66. The second-order valence-electron chi connectivity index (χ2n) is 6.95. The topological polar surface area (TPSA) is 63.7 Å². The molecular weight excluding hydrogens is 374 g/mol. The number of halogens is 1. The summed E-state index contributed by atoms with van der Waals surface area (Å²) in [6.45, 7) is 5.50. The maximum absolute atomic E-state index is 13.0. The lowest BCUT2D eigenvalue weighted by Gasteiger charge is -2.46. The Hall–Kier alpha value is -1.69. The number of esters is 1. The van der Waals surface area contributed by atoms with Crippen LogP contribution in [0, 0.1) is 5.41 Å². The molecule has 1 fully saturated rings. The highest BCUT2D eigenvalue weighted by atomic mass is 79.9. The van der Waals surface area contributed by atoms with Crippen molar-refractivity contribution in [3.8, 4) is 0 Å². The second-order valence-corrected chi connectivity index (χ2v) is 7.86. The van der Waals surface area contributed by atoms with Gasteiger partial charge in [-0.15, -0.1) is 0 Å². The fraction of sp³-hybridized carbons (Fsp3) is 0.500. The molecule has 0 saturated carbocycles. The van der Waals surface area contributed by atoms with Crippen molar-refractivity contribution in [1.29, 1.82) is 0 Å². The van der Waals surface area contributed by atoms with Gasteiger partial charge >= 0.3 is 5.97 Å². The molecule has 0 N–H and O–H groups in total. The van der Waals surface area contributed by atoms with E-state index in [1.54, 1.807) is 24.8 Å². The Morgan fingerprint density at radius 2 is 2.04 bits per heavy atom. The highest BCUT2D eigenvalue weighted by Crippen LogP contribution is 2.47. The van der Waals surface area contributed by atoms with Crippen molar-refractivity contribution in [1.82, 2.24) is 4.90 Å². The van der Waals surface area contributed by atoms with Crippen LogP contribution in [0.5, 0.6) is 0 Å². The molecule has 1 aromatic rings. The van der Waals surface area contributed by atoms with Crippen molar-refractivity contribution in [2.45, 2.75) is 45.8 Å². The minimum absolute atomic E-state index is 0.0354. The quantitative estimate of drug-likeness (QED) is 0.723. The molecule has 5 nitrogen and oxygen atoms in total. The minimum atomic E-state index is -0.903. The Morgan fingerprint density at radius 3 is 2.62 bits per heavy atom. The molecule has 1 saturated heterocycles. The Labute approximate surface area is 149 Å². The maximum Gasteiger partial charge on any atom is 0.303 e. The lowest BCUT2D eigenvalue weighted by Crippen LogP contribution is -2.53. The SMILES string of the molecule is CC(=O)O[C@H]1[C@H](N2CCCC2=O)c2cc(Br)ccc2C(=O)C1(C)C. The number of hydrogen-bond acceptors (Lipinski definition) is 4. The predicted molar refractivity (Wildman–Crippen MR) is 91.5 cm³/mol. The molecule has 2 atom stereocenters. The van der Waals surface area contributed by atoms with Gasteiger partial charge in [0.05, 0.1) is 11.5 Å². The highest BCUT2D eigenvalue weighted by Gasteiger charge is 2.53. The normalized spacial score (nSPS) is 25.6. The average molecular weight is 394 g/mol. The van der Waals surface area contributed by atoms with Crippen molar-refractivity contribution in [2.75, 3.05) is 6.54 Å². The molecule has 24 heavy (non-hydrogen) atoms. The number of ketones is 1. The highest BCUT2D eigenvalue weighted by molar-refractivity contribution is 9.10. The lowest BCUT2D eigenvalue weighted by molar-refractivity contribution is -0.160. The van der Waals surface area contributed by atoms with Crippen LogP contribution >= 0.6 is 15.9 Å². The summed E-state index contributed by atoms with van der Waals surface area (Å²) in [5.74, 6) is -0.483. The van der Waals surface area contributed by atoms with E-state index < -0.39 is 23.5 Å². The van der Waals surface area contributed by atoms with E-state index in [9.17, 15) is 14.4 Å². The summed E-state index contributed by atoms with van der Waals surface area (Å²) in [6, 6.07) is 5.02. The number of carbonyl (C=O) groups excluding carboxylic acids is 3. The van der Waals surface area contributed by atoms with Gasteiger partial charge in [-0.25, -0.2) is 0 Å². The van der Waals surface area contributed by atoms with Gasteiger partial charge < -0.3 is 9.64 Å². The van der Waals surface area contributed by atoms with E-state index in [0.29, 0.717) is 18.5 Å². The van der Waals surface area contributed by atoms with Crippen molar-refractivity contribution in [2.24, 2.45) is 5.41 Å². The van der Waals surface area contributed by atoms with Crippen LogP contribution in [0.1, 0.15) is 55.6 Å². The lowest BCUT2D eigenvalue weighted by atomic mass is 9.68. The molecule has 0 radical (unpaired) electrons. The second kappa shape index (κ2) is 5.99. The van der Waals surface area contributed by atoms with Crippen molar-refractivity contribution < 1.29 is 19.1 Å². The zero-order chi connectivity index (χ0) is 17.6. The van der Waals surface area contributed by atoms with Crippen molar-refractivity contribution >= 4 is 33.6 Å². The Kier molecular flexibility index (Phi) is 4.28. The van der Waals surface area contributed by atoms with Gasteiger partial charge in [0.15, 0.2) is 5.78 Å². The summed E-state index contributed by atoms with van der Waals surface area (Å²) in [4.78, 5) is 38.8. The fourth-order valence-electron chi connectivity index (χ4n) is 3.70. The summed E-state index contributed by atoms with van der Waals surface area (Å²) in [5, 5.41) is 0. The zero-order valence-electron chi connectivity index (χ0n) is 14.0. The fourth-order valence-corrected chi connectivity index (χ4v) is 4.08. The first-order chi connectivity index (χ1) is 11.2. The Morgan fingerprint density at radius 1 is 1.33 bits per heavy atom. The molecule has 3 rings (SSSR count). The maximum atomic E-state index is 13.0. The predicted octanol–water partition coefficient (Wildman–Crippen LogP) is 3.27. The van der Waals surface area contributed by atoms with Gasteiger partial charge in [-0.3, -0.25) is 14.4 Å². The van der Waals surface area contributed by atoms with E-state index in [4.69, 9.17) is 4.74 Å². The molecule has 6 heteroatoms. The van der Waals surface area contributed by atoms with Crippen LogP contribution in [0.25, 0.3) is 0 Å². The number of rotatable bonds is 2. The van der Waals surface area contributed by atoms with Gasteiger partial charge in [0.2, 0.25) is 5.91 Å². The van der Waals surface area contributed by atoms with Crippen LogP contribution in [0.2, 0.25) is 0 Å². The molecule has 1 aliphatic heterocycles. The van der Waals surface area contributed by atoms with Crippen LogP contribution in [-0.4, -0.2) is 35.2 Å². The summed E-state index contributed by atoms with van der Waals surface area (Å²) in [6.07, 6.45) is 0.562. The van der Waals surface area contributed by atoms with Crippen molar-refractivity contribution in [3.63, 3.8) is 0 Å². The molecular formula is C18H20BrNO4. The number of hydrogen-bond donors (Lipinski definition) is 0. The summed E-state index contributed by atoms with van der Waals surface area (Å²) in [5.41, 5.74) is 0.437. The molecule has 2 aliphatic rings. The number of nitrogens with zero attached hydrogens (tertiary/aromatic N) is 1. The first-order valence-electron chi connectivity index (χ1n) is 8.04. The first-order valence-corrected chi connectivity index (χ1v) is 8.83. The number of Topliss-reactive ketones (excluding diaryl/α,β-unsaturated/α-hetero) is 1. The summed E-state index contributed by atoms with van der Waals surface area (Å²) in [7, 11) is 0. The number of benzene rings is 1. The molecule has 0 spiro atoms. The first kappa shape index (κ1) is 17.1. The molecule has 1 aliphatic carbocycles. The molecule has 128 valence electrons. The molecule has 0 unspecified atom stereocenters. The van der Waals surface area contributed by atoms with E-state index in [1.807, 2.05) is 12.1 Å². The molecule has 1 amide bonds. The third-order valence-electron chi connectivity index (χ3n) is 4.90. The third-order valence-corrected chi connectivity index (χ3v) is 5.39. The van der Waals surface area contributed by atoms with Gasteiger partial charge in [0.1, 0.15) is 6.10 Å². The number of amides is 1. The van der Waals surface area contributed by atoms with Gasteiger partial charge in [-0.05, 0) is 44.0 Å². The minimum Gasteiger partial charge on any atom is -0.459 e. The van der Waals surface area contributed by atoms with Gasteiger partial charge in [0, 0.05) is 29.9 Å². The number of fused-ring (bicyclic) bond motifs is 1. The smallest absolute Gasteiger partial charge is 0.303 e. The molecule has 1 heterocycles.